The molecule has 0 spiro atoms. The molecule has 1 saturated heterocycles. The molecule has 0 unspecified atom stereocenters. The molecule has 2 aromatic rings. The van der Waals surface area contributed by atoms with Crippen LogP contribution in [-0.4, -0.2) is 37.9 Å². The molecule has 1 aliphatic heterocycles. The molecule has 2 aromatic carbocycles. The quantitative estimate of drug-likeness (QED) is 0.470. The van der Waals surface area contributed by atoms with Crippen molar-refractivity contribution >= 4 is 15.7 Å². The van der Waals surface area contributed by atoms with Gasteiger partial charge >= 0.3 is 6.36 Å². The van der Waals surface area contributed by atoms with Gasteiger partial charge in [0.05, 0.1) is 16.2 Å². The fraction of sp³-hybridized carbons (Fsp3) is 0.300. The van der Waals surface area contributed by atoms with Gasteiger partial charge < -0.3 is 9.57 Å². The van der Waals surface area contributed by atoms with E-state index in [1.807, 2.05) is 0 Å². The fourth-order valence-corrected chi connectivity index (χ4v) is 4.43. The fourth-order valence-electron chi connectivity index (χ4n) is 2.98. The first-order valence-electron chi connectivity index (χ1n) is 9.31. The third-order valence-electron chi connectivity index (χ3n) is 4.57. The lowest BCUT2D eigenvalue weighted by Gasteiger charge is -2.26. The van der Waals surface area contributed by atoms with Crippen molar-refractivity contribution in [3.8, 4) is 11.8 Å². The molecule has 0 amide bonds. The van der Waals surface area contributed by atoms with Crippen LogP contribution in [0.5, 0.6) is 5.75 Å². The van der Waals surface area contributed by atoms with Gasteiger partial charge in [0.15, 0.2) is 0 Å². The zero-order valence-corrected chi connectivity index (χ0v) is 17.3. The zero-order valence-electron chi connectivity index (χ0n) is 16.5. The Hall–Kier alpha value is -3.17. The lowest BCUT2D eigenvalue weighted by Crippen LogP contribution is -2.38. The SMILES string of the molecule is N#Cc1cc(CON=C2CCN(S(=O)(=O)c3ccc(OC(F)(F)F)cc3)CC2)ccc1F. The maximum Gasteiger partial charge on any atom is 0.573 e. The lowest BCUT2D eigenvalue weighted by molar-refractivity contribution is -0.274. The van der Waals surface area contributed by atoms with E-state index in [2.05, 4.69) is 9.89 Å². The average Bonchev–Trinajstić information content (AvgIpc) is 2.74. The molecule has 0 aliphatic carbocycles. The second-order valence-electron chi connectivity index (χ2n) is 6.78. The Morgan fingerprint density at radius 2 is 1.75 bits per heavy atom. The molecule has 3 rings (SSSR count). The van der Waals surface area contributed by atoms with Crippen LogP contribution in [-0.2, 0) is 21.5 Å². The molecule has 170 valence electrons. The summed E-state index contributed by atoms with van der Waals surface area (Å²) in [5.74, 6) is -1.14. The number of nitrogens with zero attached hydrogens (tertiary/aromatic N) is 3. The summed E-state index contributed by atoms with van der Waals surface area (Å²) in [7, 11) is -3.89. The van der Waals surface area contributed by atoms with Gasteiger partial charge in [-0.15, -0.1) is 13.2 Å². The van der Waals surface area contributed by atoms with E-state index < -0.39 is 28.0 Å². The monoisotopic (exact) mass is 471 g/mol. The Bertz CT molecular complexity index is 1130. The van der Waals surface area contributed by atoms with Gasteiger partial charge in [0.1, 0.15) is 24.2 Å². The van der Waals surface area contributed by atoms with E-state index in [9.17, 15) is 26.0 Å². The van der Waals surface area contributed by atoms with E-state index in [4.69, 9.17) is 10.1 Å². The summed E-state index contributed by atoms with van der Waals surface area (Å²) in [5, 5.41) is 12.8. The van der Waals surface area contributed by atoms with Gasteiger partial charge in [0, 0.05) is 25.9 Å². The highest BCUT2D eigenvalue weighted by Crippen LogP contribution is 2.26. The second kappa shape index (κ2) is 9.54. The summed E-state index contributed by atoms with van der Waals surface area (Å²) in [6.07, 6.45) is -4.25. The molecule has 0 atom stereocenters. The Labute approximate surface area is 181 Å². The van der Waals surface area contributed by atoms with E-state index in [0.29, 0.717) is 24.1 Å². The van der Waals surface area contributed by atoms with Crippen LogP contribution in [0.1, 0.15) is 24.0 Å². The number of hydrogen-bond acceptors (Lipinski definition) is 6. The number of alkyl halides is 3. The largest absolute Gasteiger partial charge is 0.573 e. The molecule has 0 bridgehead atoms. The summed E-state index contributed by atoms with van der Waals surface area (Å²) < 4.78 is 80.4. The van der Waals surface area contributed by atoms with Crippen LogP contribution < -0.4 is 4.74 Å². The second-order valence-corrected chi connectivity index (χ2v) is 8.72. The molecule has 12 heteroatoms. The van der Waals surface area contributed by atoms with Gasteiger partial charge in [0.2, 0.25) is 10.0 Å². The average molecular weight is 471 g/mol. The van der Waals surface area contributed by atoms with E-state index in [0.717, 1.165) is 30.3 Å². The van der Waals surface area contributed by atoms with Gasteiger partial charge in [-0.25, -0.2) is 12.8 Å². The number of benzene rings is 2. The number of halogens is 4. The smallest absolute Gasteiger partial charge is 0.406 e. The number of piperidine rings is 1. The molecule has 32 heavy (non-hydrogen) atoms. The number of ether oxygens (including phenoxy) is 1. The number of hydrogen-bond donors (Lipinski definition) is 0. The van der Waals surface area contributed by atoms with Crippen LogP contribution in [0.3, 0.4) is 0 Å². The Morgan fingerprint density at radius 3 is 2.34 bits per heavy atom. The van der Waals surface area contributed by atoms with Crippen molar-refractivity contribution in [2.24, 2.45) is 5.16 Å². The maximum absolute atomic E-state index is 13.3. The molecular weight excluding hydrogens is 454 g/mol. The van der Waals surface area contributed by atoms with Crippen molar-refractivity contribution in [2.75, 3.05) is 13.1 Å². The summed E-state index contributed by atoms with van der Waals surface area (Å²) >= 11 is 0. The van der Waals surface area contributed by atoms with E-state index in [-0.39, 0.29) is 30.2 Å². The molecule has 0 N–H and O–H groups in total. The highest BCUT2D eigenvalue weighted by atomic mass is 32.2. The van der Waals surface area contributed by atoms with Gasteiger partial charge in [-0.2, -0.15) is 9.57 Å². The van der Waals surface area contributed by atoms with Gasteiger partial charge in [0.25, 0.3) is 0 Å². The molecule has 0 saturated carbocycles. The highest BCUT2D eigenvalue weighted by Gasteiger charge is 2.32. The number of rotatable bonds is 6. The minimum absolute atomic E-state index is 0.0207. The van der Waals surface area contributed by atoms with Crippen molar-refractivity contribution in [2.45, 2.75) is 30.7 Å². The molecule has 1 heterocycles. The van der Waals surface area contributed by atoms with Crippen molar-refractivity contribution in [3.05, 3.63) is 59.4 Å². The van der Waals surface area contributed by atoms with Gasteiger partial charge in [-0.3, -0.25) is 0 Å². The first-order chi connectivity index (χ1) is 15.1. The molecule has 0 radical (unpaired) electrons. The Kier molecular flexibility index (Phi) is 7.00. The van der Waals surface area contributed by atoms with Crippen LogP contribution in [0.15, 0.2) is 52.5 Å². The summed E-state index contributed by atoms with van der Waals surface area (Å²) in [6, 6.07) is 9.72. The molecule has 1 fully saturated rings. The van der Waals surface area contributed by atoms with Crippen molar-refractivity contribution in [3.63, 3.8) is 0 Å². The van der Waals surface area contributed by atoms with Crippen LogP contribution in [0.4, 0.5) is 17.6 Å². The standard InChI is InChI=1S/C20H17F4N3O4S/c21-19-6-1-14(11-15(19)12-25)13-30-26-16-7-9-27(10-8-16)32(28,29)18-4-2-17(3-5-18)31-20(22,23)24/h1-6,11H,7-10,13H2. The van der Waals surface area contributed by atoms with E-state index in [1.54, 1.807) is 6.07 Å². The highest BCUT2D eigenvalue weighted by molar-refractivity contribution is 7.89. The lowest BCUT2D eigenvalue weighted by atomic mass is 10.1. The number of nitriles is 1. The van der Waals surface area contributed by atoms with Gasteiger partial charge in [-0.1, -0.05) is 11.2 Å². The van der Waals surface area contributed by atoms with Crippen LogP contribution in [0, 0.1) is 17.1 Å². The van der Waals surface area contributed by atoms with Gasteiger partial charge in [-0.05, 0) is 42.0 Å². The number of oxime groups is 1. The predicted octanol–water partition coefficient (Wildman–Crippen LogP) is 3.95. The number of sulfonamides is 1. The molecule has 1 aliphatic rings. The Morgan fingerprint density at radius 1 is 1.09 bits per heavy atom. The van der Waals surface area contributed by atoms with Crippen molar-refractivity contribution < 1.29 is 35.6 Å². The Balaban J connectivity index is 1.56. The van der Waals surface area contributed by atoms with Crippen LogP contribution >= 0.6 is 0 Å². The predicted molar refractivity (Wildman–Crippen MR) is 104 cm³/mol. The van der Waals surface area contributed by atoms with Crippen molar-refractivity contribution in [1.82, 2.24) is 4.31 Å². The molecule has 0 aromatic heterocycles. The minimum Gasteiger partial charge on any atom is -0.406 e. The zero-order chi connectivity index (χ0) is 23.4. The van der Waals surface area contributed by atoms with E-state index in [1.165, 1.54) is 16.4 Å². The first-order valence-corrected chi connectivity index (χ1v) is 10.7. The third-order valence-corrected chi connectivity index (χ3v) is 6.48. The van der Waals surface area contributed by atoms with E-state index >= 15 is 0 Å². The summed E-state index contributed by atoms with van der Waals surface area (Å²) in [6.45, 7) is 0.272. The summed E-state index contributed by atoms with van der Waals surface area (Å²) in [4.78, 5) is 5.09. The normalized spacial score (nSPS) is 15.2. The molecule has 7 nitrogen and oxygen atoms in total. The van der Waals surface area contributed by atoms with Crippen LogP contribution in [0.2, 0.25) is 0 Å². The first kappa shape index (κ1) is 23.5. The third kappa shape index (κ3) is 5.95. The van der Waals surface area contributed by atoms with Crippen LogP contribution in [0.25, 0.3) is 0 Å². The topological polar surface area (TPSA) is 92.0 Å². The maximum atomic E-state index is 13.3. The molecular formula is C20H17F4N3O4S. The summed E-state index contributed by atoms with van der Waals surface area (Å²) in [5.41, 5.74) is 1.09. The minimum atomic E-state index is -4.86. The van der Waals surface area contributed by atoms with Crippen molar-refractivity contribution in [1.29, 1.82) is 5.26 Å².